The molecular formula is C32H32N2O6S2. The molecule has 2 aliphatic carbocycles. The van der Waals surface area contributed by atoms with Crippen LogP contribution in [-0.4, -0.2) is 44.6 Å². The average Bonchev–Trinajstić information content (AvgIpc) is 3.72. The van der Waals surface area contributed by atoms with Gasteiger partial charge in [-0.05, 0) is 60.3 Å². The second kappa shape index (κ2) is 11.0. The third-order valence-corrected chi connectivity index (χ3v) is 12.1. The Morgan fingerprint density at radius 1 is 0.976 bits per heavy atom. The van der Waals surface area contributed by atoms with Crippen LogP contribution in [0.3, 0.4) is 0 Å². The molecule has 0 radical (unpaired) electrons. The first-order valence-corrected chi connectivity index (χ1v) is 16.3. The molecule has 2 saturated carbocycles. The van der Waals surface area contributed by atoms with Gasteiger partial charge in [-0.25, -0.2) is 0 Å². The number of H-pyrrole nitrogens is 1. The molecule has 3 heterocycles. The highest BCUT2D eigenvalue weighted by molar-refractivity contribution is 8.00. The molecule has 2 aromatic carbocycles. The molecule has 10 heteroatoms. The zero-order chi connectivity index (χ0) is 29.0. The smallest absolute Gasteiger partial charge is 0.305 e. The number of aliphatic carboxylic acids is 1. The van der Waals surface area contributed by atoms with Gasteiger partial charge in [0.1, 0.15) is 12.4 Å². The first-order chi connectivity index (χ1) is 20.4. The fourth-order valence-electron chi connectivity index (χ4n) is 7.93. The molecule has 7 rings (SSSR count). The lowest BCUT2D eigenvalue weighted by molar-refractivity contribution is -0.141. The number of unbranched alkanes of at least 4 members (excludes halogenated alkanes) is 2. The predicted octanol–water partition coefficient (Wildman–Crippen LogP) is 5.13. The standard InChI is InChI=1S/C32H32N2O6S2/c35-22(36)12-5-2-6-13-34-30(37)25-20-15-21(26(25)31(34)38)27-24(20)23(28-29(41-27)33-32(39)42-28)18-10-7-11-19(14-18)40-16-17-8-3-1-4-9-17/h1,3-4,7-11,14,20-21,23-27H,2,5-6,12-13,15-16H2,(H,33,39)(H,35,36)/t20?,21?,23-,24?,25?,26?,27?/m1/s1. The molecule has 218 valence electrons. The van der Waals surface area contributed by atoms with Crippen molar-refractivity contribution in [3.8, 4) is 5.75 Å². The summed E-state index contributed by atoms with van der Waals surface area (Å²) in [5.41, 5.74) is 2.15. The van der Waals surface area contributed by atoms with Crippen molar-refractivity contribution >= 4 is 40.9 Å². The van der Waals surface area contributed by atoms with Crippen LogP contribution in [-0.2, 0) is 21.0 Å². The van der Waals surface area contributed by atoms with Crippen molar-refractivity contribution in [3.63, 3.8) is 0 Å². The van der Waals surface area contributed by atoms with Crippen molar-refractivity contribution in [2.45, 2.75) is 54.9 Å². The summed E-state index contributed by atoms with van der Waals surface area (Å²) in [7, 11) is 0. The number of amides is 2. The van der Waals surface area contributed by atoms with Gasteiger partial charge >= 0.3 is 10.8 Å². The summed E-state index contributed by atoms with van der Waals surface area (Å²) in [6.07, 6.45) is 2.79. The summed E-state index contributed by atoms with van der Waals surface area (Å²) >= 11 is 2.94. The Kier molecular flexibility index (Phi) is 7.22. The monoisotopic (exact) mass is 604 g/mol. The largest absolute Gasteiger partial charge is 0.489 e. The van der Waals surface area contributed by atoms with E-state index in [9.17, 15) is 19.2 Å². The van der Waals surface area contributed by atoms with E-state index in [4.69, 9.17) is 9.84 Å². The van der Waals surface area contributed by atoms with E-state index in [1.165, 1.54) is 16.2 Å². The van der Waals surface area contributed by atoms with E-state index < -0.39 is 5.97 Å². The molecule has 3 fully saturated rings. The fraction of sp³-hybridized carbons (Fsp3) is 0.438. The number of thiazole rings is 1. The first-order valence-electron chi connectivity index (χ1n) is 14.6. The van der Waals surface area contributed by atoms with Crippen molar-refractivity contribution in [2.75, 3.05) is 6.54 Å². The second-order valence-corrected chi connectivity index (χ2v) is 14.0. The lowest BCUT2D eigenvalue weighted by Gasteiger charge is -2.43. The molecule has 42 heavy (non-hydrogen) atoms. The Labute approximate surface area is 251 Å². The third-order valence-electron chi connectivity index (χ3n) is 9.55. The number of aromatic nitrogens is 1. The molecule has 2 aliphatic heterocycles. The lowest BCUT2D eigenvalue weighted by Crippen LogP contribution is -2.42. The van der Waals surface area contributed by atoms with Gasteiger partial charge < -0.3 is 14.8 Å². The van der Waals surface area contributed by atoms with Crippen molar-refractivity contribution in [1.82, 2.24) is 9.88 Å². The highest BCUT2D eigenvalue weighted by Crippen LogP contribution is 2.68. The van der Waals surface area contributed by atoms with Gasteiger partial charge in [-0.1, -0.05) is 60.2 Å². The molecule has 2 amide bonds. The van der Waals surface area contributed by atoms with Crippen LogP contribution in [0.1, 0.15) is 54.0 Å². The average molecular weight is 605 g/mol. The number of thioether (sulfide) groups is 1. The maximum atomic E-state index is 13.7. The van der Waals surface area contributed by atoms with Gasteiger partial charge in [0.25, 0.3) is 0 Å². The van der Waals surface area contributed by atoms with E-state index in [1.54, 1.807) is 11.8 Å². The number of hydrogen-bond acceptors (Lipinski definition) is 7. The quantitative estimate of drug-likeness (QED) is 0.243. The van der Waals surface area contributed by atoms with Crippen LogP contribution in [0.15, 0.2) is 64.4 Å². The molecule has 4 aliphatic rings. The van der Waals surface area contributed by atoms with Crippen LogP contribution in [0, 0.1) is 29.6 Å². The number of imide groups is 1. The molecule has 2 bridgehead atoms. The van der Waals surface area contributed by atoms with Crippen molar-refractivity contribution < 1.29 is 24.2 Å². The number of benzene rings is 2. The minimum absolute atomic E-state index is 0.0561. The Bertz CT molecular complexity index is 1580. The zero-order valence-corrected chi connectivity index (χ0v) is 24.6. The van der Waals surface area contributed by atoms with Gasteiger partial charge in [-0.2, -0.15) is 0 Å². The number of nitrogens with zero attached hydrogens (tertiary/aromatic N) is 1. The Morgan fingerprint density at radius 2 is 1.76 bits per heavy atom. The number of rotatable bonds is 10. The molecule has 6 unspecified atom stereocenters. The molecule has 1 aromatic heterocycles. The second-order valence-electron chi connectivity index (χ2n) is 11.8. The third kappa shape index (κ3) is 4.68. The Hall–Kier alpha value is -3.37. The molecule has 8 nitrogen and oxygen atoms in total. The van der Waals surface area contributed by atoms with Crippen LogP contribution < -0.4 is 9.61 Å². The van der Waals surface area contributed by atoms with E-state index in [1.807, 2.05) is 42.5 Å². The minimum Gasteiger partial charge on any atom is -0.489 e. The predicted molar refractivity (Wildman–Crippen MR) is 159 cm³/mol. The number of fused-ring (bicyclic) bond motifs is 9. The molecule has 3 aromatic rings. The first kappa shape index (κ1) is 27.5. The zero-order valence-electron chi connectivity index (χ0n) is 22.9. The molecule has 2 N–H and O–H groups in total. The summed E-state index contributed by atoms with van der Waals surface area (Å²) in [6, 6.07) is 18.1. The van der Waals surface area contributed by atoms with Crippen LogP contribution >= 0.6 is 23.1 Å². The number of likely N-dealkylation sites (tertiary alicyclic amines) is 1. The van der Waals surface area contributed by atoms with E-state index in [2.05, 4.69) is 17.1 Å². The summed E-state index contributed by atoms with van der Waals surface area (Å²) in [6.45, 7) is 0.813. The van der Waals surface area contributed by atoms with Crippen LogP contribution in [0.2, 0.25) is 0 Å². The van der Waals surface area contributed by atoms with Crippen molar-refractivity contribution in [1.29, 1.82) is 0 Å². The van der Waals surface area contributed by atoms with Crippen molar-refractivity contribution in [2.24, 2.45) is 29.6 Å². The number of hydrogen-bond donors (Lipinski definition) is 2. The summed E-state index contributed by atoms with van der Waals surface area (Å²) < 4.78 is 6.16. The van der Waals surface area contributed by atoms with E-state index in [-0.39, 0.29) is 63.9 Å². The Morgan fingerprint density at radius 3 is 2.55 bits per heavy atom. The van der Waals surface area contributed by atoms with E-state index >= 15 is 0 Å². The number of aromatic amines is 1. The Balaban J connectivity index is 1.15. The normalized spacial score (nSPS) is 29.0. The van der Waals surface area contributed by atoms with Crippen LogP contribution in [0.25, 0.3) is 0 Å². The van der Waals surface area contributed by atoms with Crippen LogP contribution in [0.5, 0.6) is 5.75 Å². The SMILES string of the molecule is O=C(O)CCCCCN1C(=O)C2C3CC(C2C1=O)C1C3Sc2[nH]c(=O)sc2[C@@H]1c1cccc(OCc2ccccc2)c1. The van der Waals surface area contributed by atoms with E-state index in [0.717, 1.165) is 33.2 Å². The highest BCUT2D eigenvalue weighted by Gasteiger charge is 2.69. The van der Waals surface area contributed by atoms with Crippen molar-refractivity contribution in [3.05, 3.63) is 80.3 Å². The number of ether oxygens (including phenoxy) is 1. The summed E-state index contributed by atoms with van der Waals surface area (Å²) in [4.78, 5) is 56.2. The number of carbonyl (C=O) groups excluding carboxylic acids is 2. The highest BCUT2D eigenvalue weighted by atomic mass is 32.2. The fourth-order valence-corrected chi connectivity index (χ4v) is 10.8. The van der Waals surface area contributed by atoms with E-state index in [0.29, 0.717) is 32.4 Å². The maximum Gasteiger partial charge on any atom is 0.305 e. The number of carboxylic acid groups (broad SMARTS) is 1. The lowest BCUT2D eigenvalue weighted by atomic mass is 9.68. The van der Waals surface area contributed by atoms with Crippen LogP contribution in [0.4, 0.5) is 0 Å². The van der Waals surface area contributed by atoms with Gasteiger partial charge in [0.15, 0.2) is 0 Å². The molecular weight excluding hydrogens is 572 g/mol. The van der Waals surface area contributed by atoms with Gasteiger partial charge in [-0.3, -0.25) is 24.1 Å². The van der Waals surface area contributed by atoms with Gasteiger partial charge in [0, 0.05) is 29.0 Å². The molecule has 1 saturated heterocycles. The molecule has 0 spiro atoms. The maximum absolute atomic E-state index is 13.7. The van der Waals surface area contributed by atoms with Gasteiger partial charge in [0.2, 0.25) is 11.8 Å². The summed E-state index contributed by atoms with van der Waals surface area (Å²) in [5, 5.41) is 9.93. The number of carboxylic acids is 1. The number of nitrogens with one attached hydrogen (secondary N) is 1. The summed E-state index contributed by atoms with van der Waals surface area (Å²) in [5.74, 6) is -0.585. The van der Waals surface area contributed by atoms with Gasteiger partial charge in [0.05, 0.1) is 16.9 Å². The minimum atomic E-state index is -0.827. The van der Waals surface area contributed by atoms with Gasteiger partial charge in [-0.15, -0.1) is 11.8 Å². The topological polar surface area (TPSA) is 117 Å². The number of carbonyl (C=O) groups is 3. The molecule has 7 atom stereocenters.